The van der Waals surface area contributed by atoms with Crippen LogP contribution in [0.2, 0.25) is 5.02 Å². The molecule has 0 aliphatic rings. The molecule has 5 heteroatoms. The zero-order chi connectivity index (χ0) is 9.35. The van der Waals surface area contributed by atoms with Crippen molar-refractivity contribution in [3.63, 3.8) is 0 Å². The van der Waals surface area contributed by atoms with Gasteiger partial charge >= 0.3 is 0 Å². The molecule has 2 nitrogen and oxygen atoms in total. The van der Waals surface area contributed by atoms with Gasteiger partial charge in [-0.25, -0.2) is 8.42 Å². The molecule has 0 amide bonds. The first-order valence-corrected chi connectivity index (χ1v) is 5.81. The summed E-state index contributed by atoms with van der Waals surface area (Å²) in [5.74, 6) is 0. The summed E-state index contributed by atoms with van der Waals surface area (Å²) in [6.45, 7) is 1.72. The van der Waals surface area contributed by atoms with Crippen LogP contribution in [0.25, 0.3) is 0 Å². The SMILES string of the molecule is Cc1cc(S(=O)(=O)Cl)ccc1Cl. The first kappa shape index (κ1) is 9.84. The third-order valence-electron chi connectivity index (χ3n) is 1.41. The Labute approximate surface area is 80.5 Å². The Morgan fingerprint density at radius 3 is 2.33 bits per heavy atom. The molecular formula is C7H6Cl2O2S. The first-order chi connectivity index (χ1) is 5.41. The van der Waals surface area contributed by atoms with Crippen LogP contribution in [0, 0.1) is 6.92 Å². The van der Waals surface area contributed by atoms with Crippen molar-refractivity contribution in [1.29, 1.82) is 0 Å². The van der Waals surface area contributed by atoms with Crippen LogP contribution in [0.15, 0.2) is 23.1 Å². The molecule has 0 aliphatic heterocycles. The third-order valence-corrected chi connectivity index (χ3v) is 3.19. The normalized spacial score (nSPS) is 11.6. The van der Waals surface area contributed by atoms with Gasteiger partial charge in [-0.2, -0.15) is 0 Å². The Morgan fingerprint density at radius 2 is 1.92 bits per heavy atom. The Morgan fingerprint density at radius 1 is 1.33 bits per heavy atom. The molecule has 0 aromatic heterocycles. The lowest BCUT2D eigenvalue weighted by Gasteiger charge is -1.99. The average Bonchev–Trinajstić information content (AvgIpc) is 1.92. The largest absolute Gasteiger partial charge is 0.261 e. The van der Waals surface area contributed by atoms with E-state index in [1.165, 1.54) is 18.2 Å². The van der Waals surface area contributed by atoms with Crippen LogP contribution in [0.1, 0.15) is 5.56 Å². The first-order valence-electron chi connectivity index (χ1n) is 3.12. The van der Waals surface area contributed by atoms with E-state index in [0.717, 1.165) is 0 Å². The van der Waals surface area contributed by atoms with Gasteiger partial charge < -0.3 is 0 Å². The molecule has 0 heterocycles. The molecule has 0 aliphatic carbocycles. The molecule has 12 heavy (non-hydrogen) atoms. The topological polar surface area (TPSA) is 34.1 Å². The predicted octanol–water partition coefficient (Wildman–Crippen LogP) is 2.58. The third kappa shape index (κ3) is 2.12. The number of hydrogen-bond donors (Lipinski definition) is 0. The van der Waals surface area contributed by atoms with Gasteiger partial charge in [0, 0.05) is 15.7 Å². The van der Waals surface area contributed by atoms with Gasteiger partial charge in [0.2, 0.25) is 0 Å². The minimum Gasteiger partial charge on any atom is -0.207 e. The molecule has 0 saturated carbocycles. The summed E-state index contributed by atoms with van der Waals surface area (Å²) in [6, 6.07) is 4.31. The highest BCUT2D eigenvalue weighted by Crippen LogP contribution is 2.21. The van der Waals surface area contributed by atoms with Crippen LogP contribution in [-0.4, -0.2) is 8.42 Å². The summed E-state index contributed by atoms with van der Waals surface area (Å²) in [5.41, 5.74) is 0.693. The summed E-state index contributed by atoms with van der Waals surface area (Å²) in [4.78, 5) is 0.0751. The molecule has 0 saturated heterocycles. The molecule has 0 atom stereocenters. The van der Waals surface area contributed by atoms with E-state index in [2.05, 4.69) is 0 Å². The molecule has 0 N–H and O–H groups in total. The Kier molecular flexibility index (Phi) is 2.66. The summed E-state index contributed by atoms with van der Waals surface area (Å²) in [5, 5.41) is 0.527. The number of hydrogen-bond acceptors (Lipinski definition) is 2. The molecule has 1 aromatic rings. The fraction of sp³-hybridized carbons (Fsp3) is 0.143. The lowest BCUT2D eigenvalue weighted by atomic mass is 10.2. The molecular weight excluding hydrogens is 219 g/mol. The van der Waals surface area contributed by atoms with Crippen molar-refractivity contribution in [3.8, 4) is 0 Å². The zero-order valence-electron chi connectivity index (χ0n) is 6.21. The summed E-state index contributed by atoms with van der Waals surface area (Å²) >= 11 is 5.69. The maximum Gasteiger partial charge on any atom is 0.261 e. The van der Waals surface area contributed by atoms with E-state index in [-0.39, 0.29) is 4.90 Å². The van der Waals surface area contributed by atoms with Gasteiger partial charge in [-0.1, -0.05) is 11.6 Å². The highest BCUT2D eigenvalue weighted by Gasteiger charge is 2.10. The molecule has 1 rings (SSSR count). The minimum atomic E-state index is -3.63. The number of aryl methyl sites for hydroxylation is 1. The van der Waals surface area contributed by atoms with Crippen LogP contribution in [0.3, 0.4) is 0 Å². The second-order valence-electron chi connectivity index (χ2n) is 2.35. The van der Waals surface area contributed by atoms with Crippen molar-refractivity contribution < 1.29 is 8.42 Å². The molecule has 0 bridgehead atoms. The van der Waals surface area contributed by atoms with Gasteiger partial charge in [-0.05, 0) is 30.7 Å². The molecule has 1 aromatic carbocycles. The van der Waals surface area contributed by atoms with Crippen molar-refractivity contribution in [2.75, 3.05) is 0 Å². The van der Waals surface area contributed by atoms with Crippen LogP contribution in [-0.2, 0) is 9.05 Å². The van der Waals surface area contributed by atoms with Crippen molar-refractivity contribution in [2.45, 2.75) is 11.8 Å². The van der Waals surface area contributed by atoms with E-state index in [0.29, 0.717) is 10.6 Å². The van der Waals surface area contributed by atoms with Crippen LogP contribution < -0.4 is 0 Å². The summed E-state index contributed by atoms with van der Waals surface area (Å²) in [6.07, 6.45) is 0. The van der Waals surface area contributed by atoms with Crippen molar-refractivity contribution >= 4 is 31.3 Å². The Bertz CT molecular complexity index is 398. The monoisotopic (exact) mass is 224 g/mol. The van der Waals surface area contributed by atoms with Gasteiger partial charge in [0.05, 0.1) is 4.90 Å². The maximum absolute atomic E-state index is 10.8. The number of halogens is 2. The number of rotatable bonds is 1. The fourth-order valence-electron chi connectivity index (χ4n) is 0.769. The summed E-state index contributed by atoms with van der Waals surface area (Å²) < 4.78 is 21.6. The van der Waals surface area contributed by atoms with Crippen molar-refractivity contribution in [2.24, 2.45) is 0 Å². The second-order valence-corrected chi connectivity index (χ2v) is 5.32. The fourth-order valence-corrected chi connectivity index (χ4v) is 1.72. The molecule has 66 valence electrons. The second kappa shape index (κ2) is 3.24. The standard InChI is InChI=1S/C7H6Cl2O2S/c1-5-4-6(12(9,10)11)2-3-7(5)8/h2-4H,1H3. The Hall–Kier alpha value is -0.250. The lowest BCUT2D eigenvalue weighted by molar-refractivity contribution is 0.609. The average molecular weight is 225 g/mol. The lowest BCUT2D eigenvalue weighted by Crippen LogP contribution is -1.90. The van der Waals surface area contributed by atoms with E-state index in [4.69, 9.17) is 22.3 Å². The molecule has 0 fully saturated rings. The Balaban J connectivity index is 3.33. The highest BCUT2D eigenvalue weighted by molar-refractivity contribution is 8.13. The van der Waals surface area contributed by atoms with E-state index in [1.54, 1.807) is 6.92 Å². The van der Waals surface area contributed by atoms with E-state index in [1.807, 2.05) is 0 Å². The van der Waals surface area contributed by atoms with Gasteiger partial charge in [0.15, 0.2) is 0 Å². The van der Waals surface area contributed by atoms with Gasteiger partial charge in [0.1, 0.15) is 0 Å². The molecule has 0 unspecified atom stereocenters. The highest BCUT2D eigenvalue weighted by atomic mass is 35.7. The minimum absolute atomic E-state index is 0.0751. The van der Waals surface area contributed by atoms with Crippen molar-refractivity contribution in [1.82, 2.24) is 0 Å². The predicted molar refractivity (Wildman–Crippen MR) is 49.2 cm³/mol. The smallest absolute Gasteiger partial charge is 0.207 e. The zero-order valence-corrected chi connectivity index (χ0v) is 8.54. The van der Waals surface area contributed by atoms with E-state index < -0.39 is 9.05 Å². The van der Waals surface area contributed by atoms with E-state index in [9.17, 15) is 8.42 Å². The molecule has 0 spiro atoms. The number of benzene rings is 1. The van der Waals surface area contributed by atoms with Crippen molar-refractivity contribution in [3.05, 3.63) is 28.8 Å². The van der Waals surface area contributed by atoms with E-state index >= 15 is 0 Å². The summed E-state index contributed by atoms with van der Waals surface area (Å²) in [7, 11) is 1.48. The quantitative estimate of drug-likeness (QED) is 0.688. The van der Waals surface area contributed by atoms with Gasteiger partial charge in [-0.15, -0.1) is 0 Å². The maximum atomic E-state index is 10.8. The molecule has 0 radical (unpaired) electrons. The van der Waals surface area contributed by atoms with Gasteiger partial charge in [0.25, 0.3) is 9.05 Å². The van der Waals surface area contributed by atoms with Gasteiger partial charge in [-0.3, -0.25) is 0 Å². The van der Waals surface area contributed by atoms with Crippen LogP contribution in [0.5, 0.6) is 0 Å². The van der Waals surface area contributed by atoms with Crippen LogP contribution in [0.4, 0.5) is 0 Å². The van der Waals surface area contributed by atoms with Crippen LogP contribution >= 0.6 is 22.3 Å².